The van der Waals surface area contributed by atoms with Crippen molar-refractivity contribution in [3.8, 4) is 0 Å². The average molecular weight is 334 g/mol. The predicted octanol–water partition coefficient (Wildman–Crippen LogP) is 2.85. The molecule has 6 nitrogen and oxygen atoms in total. The van der Waals surface area contributed by atoms with Gasteiger partial charge in [0.2, 0.25) is 0 Å². The minimum atomic E-state index is 0.0438. The van der Waals surface area contributed by atoms with Crippen molar-refractivity contribution in [2.45, 2.75) is 0 Å². The van der Waals surface area contributed by atoms with Crippen LogP contribution in [0.1, 0.15) is 10.4 Å². The summed E-state index contributed by atoms with van der Waals surface area (Å²) in [6, 6.07) is 15.3. The van der Waals surface area contributed by atoms with Crippen LogP contribution in [-0.2, 0) is 4.74 Å². The molecule has 3 aromatic rings. The van der Waals surface area contributed by atoms with E-state index in [0.717, 1.165) is 22.4 Å². The average Bonchev–Trinajstić information content (AvgIpc) is 2.69. The van der Waals surface area contributed by atoms with Crippen LogP contribution in [0.2, 0.25) is 0 Å². The number of nitrogens with zero attached hydrogens (tertiary/aromatic N) is 3. The monoisotopic (exact) mass is 334 g/mol. The zero-order valence-electron chi connectivity index (χ0n) is 13.7. The third kappa shape index (κ3) is 3.29. The van der Waals surface area contributed by atoms with E-state index in [4.69, 9.17) is 4.74 Å². The molecule has 1 aromatic heterocycles. The molecule has 25 heavy (non-hydrogen) atoms. The van der Waals surface area contributed by atoms with Crippen molar-refractivity contribution in [2.75, 3.05) is 31.6 Å². The van der Waals surface area contributed by atoms with E-state index in [2.05, 4.69) is 15.3 Å². The standard InChI is InChI=1S/C19H18N4O2/c24-19(23-9-11-25-12-10-23)14-5-7-15(8-6-14)22-18-16-3-1-2-4-17(16)20-13-21-18/h1-8,13H,9-12H2,(H,20,21,22). The van der Waals surface area contributed by atoms with Gasteiger partial charge in [-0.1, -0.05) is 12.1 Å². The fourth-order valence-corrected chi connectivity index (χ4v) is 2.89. The van der Waals surface area contributed by atoms with E-state index >= 15 is 0 Å². The summed E-state index contributed by atoms with van der Waals surface area (Å²) in [5.74, 6) is 0.792. The van der Waals surface area contributed by atoms with Crippen LogP contribution in [0.25, 0.3) is 10.9 Å². The van der Waals surface area contributed by atoms with Gasteiger partial charge in [-0.2, -0.15) is 0 Å². The Kier molecular flexibility index (Phi) is 4.26. The molecule has 126 valence electrons. The molecule has 4 rings (SSSR count). The van der Waals surface area contributed by atoms with Crippen LogP contribution in [-0.4, -0.2) is 47.1 Å². The first-order valence-corrected chi connectivity index (χ1v) is 8.25. The third-order valence-electron chi connectivity index (χ3n) is 4.24. The van der Waals surface area contributed by atoms with Gasteiger partial charge in [0.15, 0.2) is 0 Å². The molecule has 0 unspecified atom stereocenters. The van der Waals surface area contributed by atoms with Crippen molar-refractivity contribution in [2.24, 2.45) is 0 Å². The van der Waals surface area contributed by atoms with Crippen molar-refractivity contribution in [3.63, 3.8) is 0 Å². The number of benzene rings is 2. The molecule has 0 saturated carbocycles. The Labute approximate surface area is 145 Å². The van der Waals surface area contributed by atoms with Gasteiger partial charge in [-0.25, -0.2) is 9.97 Å². The highest BCUT2D eigenvalue weighted by Gasteiger charge is 2.18. The summed E-state index contributed by atoms with van der Waals surface area (Å²) in [5, 5.41) is 4.25. The number of rotatable bonds is 3. The molecule has 1 aliphatic rings. The Morgan fingerprint density at radius 3 is 2.56 bits per heavy atom. The van der Waals surface area contributed by atoms with E-state index in [-0.39, 0.29) is 5.91 Å². The van der Waals surface area contributed by atoms with Gasteiger partial charge in [-0.15, -0.1) is 0 Å². The maximum Gasteiger partial charge on any atom is 0.254 e. The van der Waals surface area contributed by atoms with Gasteiger partial charge in [-0.3, -0.25) is 4.79 Å². The fraction of sp³-hybridized carbons (Fsp3) is 0.211. The van der Waals surface area contributed by atoms with Gasteiger partial charge in [-0.05, 0) is 36.4 Å². The molecule has 1 saturated heterocycles. The molecule has 0 radical (unpaired) electrons. The van der Waals surface area contributed by atoms with Crippen LogP contribution < -0.4 is 5.32 Å². The molecule has 1 amide bonds. The SMILES string of the molecule is O=C(c1ccc(Nc2ncnc3ccccc23)cc1)N1CCOCC1. The number of fused-ring (bicyclic) bond motifs is 1. The summed E-state index contributed by atoms with van der Waals surface area (Å²) in [7, 11) is 0. The summed E-state index contributed by atoms with van der Waals surface area (Å²) in [6.45, 7) is 2.50. The number of hydrogen-bond donors (Lipinski definition) is 1. The molecule has 1 N–H and O–H groups in total. The van der Waals surface area contributed by atoms with E-state index in [1.807, 2.05) is 53.4 Å². The first-order chi connectivity index (χ1) is 12.3. The molecule has 1 fully saturated rings. The molecular formula is C19H18N4O2. The summed E-state index contributed by atoms with van der Waals surface area (Å²) in [6.07, 6.45) is 1.54. The molecule has 2 aromatic carbocycles. The van der Waals surface area contributed by atoms with Gasteiger partial charge in [0.25, 0.3) is 5.91 Å². The number of carbonyl (C=O) groups excluding carboxylic acids is 1. The number of para-hydroxylation sites is 1. The second-order valence-electron chi connectivity index (χ2n) is 5.85. The van der Waals surface area contributed by atoms with Gasteiger partial charge >= 0.3 is 0 Å². The van der Waals surface area contributed by atoms with E-state index in [1.54, 1.807) is 6.33 Å². The fourth-order valence-electron chi connectivity index (χ4n) is 2.89. The normalized spacial score (nSPS) is 14.5. The van der Waals surface area contributed by atoms with Gasteiger partial charge in [0.05, 0.1) is 18.7 Å². The van der Waals surface area contributed by atoms with Crippen LogP contribution >= 0.6 is 0 Å². The number of carbonyl (C=O) groups is 1. The number of ether oxygens (including phenoxy) is 1. The second kappa shape index (κ2) is 6.86. The van der Waals surface area contributed by atoms with Crippen molar-refractivity contribution >= 4 is 28.3 Å². The lowest BCUT2D eigenvalue weighted by Gasteiger charge is -2.26. The largest absolute Gasteiger partial charge is 0.378 e. The molecule has 0 bridgehead atoms. The quantitative estimate of drug-likeness (QED) is 0.798. The third-order valence-corrected chi connectivity index (χ3v) is 4.24. The maximum atomic E-state index is 12.5. The zero-order chi connectivity index (χ0) is 17.1. The first kappa shape index (κ1) is 15.5. The minimum Gasteiger partial charge on any atom is -0.378 e. The Bertz CT molecular complexity index is 884. The highest BCUT2D eigenvalue weighted by Crippen LogP contribution is 2.23. The molecule has 6 heteroatoms. The van der Waals surface area contributed by atoms with E-state index in [1.165, 1.54) is 0 Å². The smallest absolute Gasteiger partial charge is 0.254 e. The Morgan fingerprint density at radius 1 is 1.00 bits per heavy atom. The molecule has 0 aliphatic carbocycles. The molecular weight excluding hydrogens is 316 g/mol. The summed E-state index contributed by atoms with van der Waals surface area (Å²) in [5.41, 5.74) is 2.45. The van der Waals surface area contributed by atoms with E-state index < -0.39 is 0 Å². The van der Waals surface area contributed by atoms with Gasteiger partial charge < -0.3 is 15.0 Å². The van der Waals surface area contributed by atoms with Crippen molar-refractivity contribution in [1.82, 2.24) is 14.9 Å². The molecule has 2 heterocycles. The number of hydrogen-bond acceptors (Lipinski definition) is 5. The van der Waals surface area contributed by atoms with Crippen LogP contribution in [0.15, 0.2) is 54.9 Å². The molecule has 1 aliphatic heterocycles. The summed E-state index contributed by atoms with van der Waals surface area (Å²) < 4.78 is 5.29. The highest BCUT2D eigenvalue weighted by molar-refractivity contribution is 5.95. The van der Waals surface area contributed by atoms with Crippen LogP contribution in [0.4, 0.5) is 11.5 Å². The predicted molar refractivity (Wildman–Crippen MR) is 96.0 cm³/mol. The number of nitrogens with one attached hydrogen (secondary N) is 1. The van der Waals surface area contributed by atoms with Crippen molar-refractivity contribution in [1.29, 1.82) is 0 Å². The maximum absolute atomic E-state index is 12.5. The van der Waals surface area contributed by atoms with Crippen LogP contribution in [0.5, 0.6) is 0 Å². The lowest BCUT2D eigenvalue weighted by molar-refractivity contribution is 0.0303. The Balaban J connectivity index is 1.53. The number of amides is 1. The van der Waals surface area contributed by atoms with Crippen molar-refractivity contribution < 1.29 is 9.53 Å². The van der Waals surface area contributed by atoms with Gasteiger partial charge in [0, 0.05) is 29.7 Å². The van der Waals surface area contributed by atoms with E-state index in [0.29, 0.717) is 31.9 Å². The number of morpholine rings is 1. The number of aromatic nitrogens is 2. The van der Waals surface area contributed by atoms with Crippen LogP contribution in [0.3, 0.4) is 0 Å². The topological polar surface area (TPSA) is 67.4 Å². The van der Waals surface area contributed by atoms with E-state index in [9.17, 15) is 4.79 Å². The van der Waals surface area contributed by atoms with Gasteiger partial charge in [0.1, 0.15) is 12.1 Å². The Hall–Kier alpha value is -2.99. The van der Waals surface area contributed by atoms with Crippen LogP contribution in [0, 0.1) is 0 Å². The molecule has 0 atom stereocenters. The summed E-state index contributed by atoms with van der Waals surface area (Å²) >= 11 is 0. The first-order valence-electron chi connectivity index (χ1n) is 8.25. The summed E-state index contributed by atoms with van der Waals surface area (Å²) in [4.78, 5) is 22.9. The highest BCUT2D eigenvalue weighted by atomic mass is 16.5. The minimum absolute atomic E-state index is 0.0438. The lowest BCUT2D eigenvalue weighted by atomic mass is 10.1. The Morgan fingerprint density at radius 2 is 1.76 bits per heavy atom. The second-order valence-corrected chi connectivity index (χ2v) is 5.85. The van der Waals surface area contributed by atoms with Crippen molar-refractivity contribution in [3.05, 3.63) is 60.4 Å². The lowest BCUT2D eigenvalue weighted by Crippen LogP contribution is -2.40. The zero-order valence-corrected chi connectivity index (χ0v) is 13.7. The molecule has 0 spiro atoms. The number of anilines is 2.